The van der Waals surface area contributed by atoms with Crippen molar-refractivity contribution in [1.29, 1.82) is 0 Å². The summed E-state index contributed by atoms with van der Waals surface area (Å²) in [6, 6.07) is 4.45. The van der Waals surface area contributed by atoms with Crippen molar-refractivity contribution in [3.63, 3.8) is 0 Å². The summed E-state index contributed by atoms with van der Waals surface area (Å²) in [5.41, 5.74) is 5.82. The minimum atomic E-state index is -3.37. The largest absolute Gasteiger partial charge is 0.391 e. The van der Waals surface area contributed by atoms with Crippen LogP contribution in [0.1, 0.15) is 30.7 Å². The van der Waals surface area contributed by atoms with Gasteiger partial charge in [-0.25, -0.2) is 12.8 Å². The van der Waals surface area contributed by atoms with E-state index in [1.807, 2.05) is 0 Å². The highest BCUT2D eigenvalue weighted by atomic mass is 35.5. The van der Waals surface area contributed by atoms with Gasteiger partial charge in [-0.05, 0) is 24.5 Å². The monoisotopic (exact) mass is 335 g/mol. The zero-order valence-electron chi connectivity index (χ0n) is 11.5. The minimum absolute atomic E-state index is 0.0511. The zero-order chi connectivity index (χ0) is 15.6. The zero-order valence-corrected chi connectivity index (χ0v) is 13.1. The molecule has 0 amide bonds. The smallest absolute Gasteiger partial charge is 0.155 e. The van der Waals surface area contributed by atoms with Gasteiger partial charge in [0.1, 0.15) is 5.82 Å². The molecule has 21 heavy (non-hydrogen) atoms. The number of aliphatic hydroxyl groups excluding tert-OH is 1. The number of rotatable bonds is 4. The van der Waals surface area contributed by atoms with E-state index in [2.05, 4.69) is 0 Å². The molecule has 1 heterocycles. The molecule has 118 valence electrons. The molecule has 2 rings (SSSR count). The van der Waals surface area contributed by atoms with Crippen molar-refractivity contribution in [2.75, 3.05) is 12.3 Å². The number of nitrogens with two attached hydrogens (primary N) is 1. The van der Waals surface area contributed by atoms with Gasteiger partial charge in [-0.2, -0.15) is 0 Å². The van der Waals surface area contributed by atoms with Crippen LogP contribution >= 0.6 is 11.6 Å². The highest BCUT2D eigenvalue weighted by Crippen LogP contribution is 2.32. The van der Waals surface area contributed by atoms with Gasteiger partial charge in [0.2, 0.25) is 0 Å². The SMILES string of the molecule is NCC(c1cccc(Cl)c1F)C(O)C1CCCCS1(=O)=O. The Bertz CT molecular complexity index is 608. The fourth-order valence-corrected chi connectivity index (χ4v) is 5.11. The van der Waals surface area contributed by atoms with Crippen LogP contribution in [0.3, 0.4) is 0 Å². The third-order valence-electron chi connectivity index (χ3n) is 4.06. The lowest BCUT2D eigenvalue weighted by molar-refractivity contribution is 0.132. The number of hydrogen-bond donors (Lipinski definition) is 2. The molecular formula is C14H19ClFNO3S. The van der Waals surface area contributed by atoms with Gasteiger partial charge in [-0.15, -0.1) is 0 Å². The molecule has 3 atom stereocenters. The molecule has 0 bridgehead atoms. The first kappa shape index (κ1) is 16.7. The molecule has 0 aromatic heterocycles. The van der Waals surface area contributed by atoms with Crippen LogP contribution in [0.25, 0.3) is 0 Å². The fraction of sp³-hybridized carbons (Fsp3) is 0.571. The number of benzene rings is 1. The highest BCUT2D eigenvalue weighted by molar-refractivity contribution is 7.92. The van der Waals surface area contributed by atoms with E-state index in [1.54, 1.807) is 6.07 Å². The Labute approximate surface area is 129 Å². The van der Waals surface area contributed by atoms with Crippen LogP contribution in [-0.4, -0.2) is 37.2 Å². The summed E-state index contributed by atoms with van der Waals surface area (Å²) < 4.78 is 38.3. The summed E-state index contributed by atoms with van der Waals surface area (Å²) in [4.78, 5) is 0. The Morgan fingerprint density at radius 2 is 2.14 bits per heavy atom. The summed E-state index contributed by atoms with van der Waals surface area (Å²) >= 11 is 5.75. The lowest BCUT2D eigenvalue weighted by Gasteiger charge is -2.32. The molecule has 1 aromatic rings. The molecule has 0 saturated carbocycles. The third-order valence-corrected chi connectivity index (χ3v) is 6.64. The number of sulfone groups is 1. The second kappa shape index (κ2) is 6.60. The number of halogens is 2. The number of hydrogen-bond acceptors (Lipinski definition) is 4. The number of aliphatic hydroxyl groups is 1. The Morgan fingerprint density at radius 3 is 2.76 bits per heavy atom. The van der Waals surface area contributed by atoms with Gasteiger partial charge in [-0.3, -0.25) is 0 Å². The van der Waals surface area contributed by atoms with Crippen molar-refractivity contribution >= 4 is 21.4 Å². The Hall–Kier alpha value is -0.690. The van der Waals surface area contributed by atoms with Gasteiger partial charge in [0, 0.05) is 12.5 Å². The molecule has 1 aliphatic heterocycles. The van der Waals surface area contributed by atoms with E-state index in [0.29, 0.717) is 12.8 Å². The van der Waals surface area contributed by atoms with Crippen molar-refractivity contribution in [1.82, 2.24) is 0 Å². The van der Waals surface area contributed by atoms with Crippen molar-refractivity contribution in [3.8, 4) is 0 Å². The van der Waals surface area contributed by atoms with Crippen LogP contribution in [0.4, 0.5) is 4.39 Å². The van der Waals surface area contributed by atoms with Crippen molar-refractivity contribution in [2.45, 2.75) is 36.5 Å². The third kappa shape index (κ3) is 3.39. The van der Waals surface area contributed by atoms with E-state index in [1.165, 1.54) is 12.1 Å². The van der Waals surface area contributed by atoms with E-state index in [9.17, 15) is 17.9 Å². The normalized spacial score (nSPS) is 24.5. The molecule has 1 aliphatic rings. The summed E-state index contributed by atoms with van der Waals surface area (Å²) in [6.07, 6.45) is 0.483. The Morgan fingerprint density at radius 1 is 1.43 bits per heavy atom. The summed E-state index contributed by atoms with van der Waals surface area (Å²) in [7, 11) is -3.37. The molecule has 1 fully saturated rings. The maximum Gasteiger partial charge on any atom is 0.155 e. The fourth-order valence-electron chi connectivity index (χ4n) is 2.88. The maximum atomic E-state index is 14.1. The predicted molar refractivity (Wildman–Crippen MR) is 80.6 cm³/mol. The summed E-state index contributed by atoms with van der Waals surface area (Å²) in [5.74, 6) is -1.38. The average molecular weight is 336 g/mol. The van der Waals surface area contributed by atoms with Crippen molar-refractivity contribution in [2.24, 2.45) is 5.73 Å². The second-order valence-corrected chi connectivity index (χ2v) is 8.12. The minimum Gasteiger partial charge on any atom is -0.391 e. The molecule has 0 spiro atoms. The molecule has 1 saturated heterocycles. The summed E-state index contributed by atoms with van der Waals surface area (Å²) in [6.45, 7) is -0.0511. The van der Waals surface area contributed by atoms with Gasteiger partial charge in [0.25, 0.3) is 0 Å². The van der Waals surface area contributed by atoms with E-state index in [4.69, 9.17) is 17.3 Å². The van der Waals surface area contributed by atoms with Crippen LogP contribution in [0.5, 0.6) is 0 Å². The Balaban J connectivity index is 2.34. The maximum absolute atomic E-state index is 14.1. The molecule has 3 unspecified atom stereocenters. The van der Waals surface area contributed by atoms with Crippen LogP contribution in [0, 0.1) is 5.82 Å². The van der Waals surface area contributed by atoms with Gasteiger partial charge < -0.3 is 10.8 Å². The second-order valence-electron chi connectivity index (χ2n) is 5.38. The van der Waals surface area contributed by atoms with E-state index < -0.39 is 32.9 Å². The van der Waals surface area contributed by atoms with Crippen molar-refractivity contribution in [3.05, 3.63) is 34.6 Å². The molecule has 0 aliphatic carbocycles. The first-order valence-corrected chi connectivity index (χ1v) is 9.01. The molecule has 1 aromatic carbocycles. The quantitative estimate of drug-likeness (QED) is 0.880. The van der Waals surface area contributed by atoms with Crippen LogP contribution in [0.15, 0.2) is 18.2 Å². The molecule has 0 radical (unpaired) electrons. The average Bonchev–Trinajstić information content (AvgIpc) is 2.43. The first-order chi connectivity index (χ1) is 9.88. The summed E-state index contributed by atoms with van der Waals surface area (Å²) in [5, 5.41) is 9.51. The Kier molecular flexibility index (Phi) is 5.24. The molecule has 7 heteroatoms. The highest BCUT2D eigenvalue weighted by Gasteiger charge is 2.39. The standard InChI is InChI=1S/C14H19ClFNO3S/c15-11-5-3-4-9(13(11)16)10(8-17)14(18)12-6-1-2-7-21(12,19)20/h3-5,10,12,14,18H,1-2,6-8,17H2. The lowest BCUT2D eigenvalue weighted by Crippen LogP contribution is -2.43. The van der Waals surface area contributed by atoms with E-state index in [-0.39, 0.29) is 22.9 Å². The van der Waals surface area contributed by atoms with Crippen molar-refractivity contribution < 1.29 is 17.9 Å². The van der Waals surface area contributed by atoms with Crippen LogP contribution in [0.2, 0.25) is 5.02 Å². The molecular weight excluding hydrogens is 317 g/mol. The van der Waals surface area contributed by atoms with Gasteiger partial charge in [-0.1, -0.05) is 30.2 Å². The van der Waals surface area contributed by atoms with E-state index in [0.717, 1.165) is 6.42 Å². The molecule has 4 nitrogen and oxygen atoms in total. The molecule has 3 N–H and O–H groups in total. The van der Waals surface area contributed by atoms with E-state index >= 15 is 0 Å². The van der Waals surface area contributed by atoms with Crippen LogP contribution in [-0.2, 0) is 9.84 Å². The van der Waals surface area contributed by atoms with Crippen LogP contribution < -0.4 is 5.73 Å². The topological polar surface area (TPSA) is 80.4 Å². The van der Waals surface area contributed by atoms with Gasteiger partial charge in [0.15, 0.2) is 9.84 Å². The predicted octanol–water partition coefficient (Wildman–Crippen LogP) is 1.85. The lowest BCUT2D eigenvalue weighted by atomic mass is 9.89. The van der Waals surface area contributed by atoms with Gasteiger partial charge >= 0.3 is 0 Å². The van der Waals surface area contributed by atoms with Gasteiger partial charge in [0.05, 0.1) is 22.1 Å². The first-order valence-electron chi connectivity index (χ1n) is 6.92.